The van der Waals surface area contributed by atoms with Crippen molar-refractivity contribution in [2.45, 2.75) is 129 Å². The fourth-order valence-electron chi connectivity index (χ4n) is 11.6. The molecule has 9 unspecified atom stereocenters. The van der Waals surface area contributed by atoms with Gasteiger partial charge in [0.15, 0.2) is 17.2 Å². The van der Waals surface area contributed by atoms with Crippen LogP contribution in [0.25, 0.3) is 0 Å². The summed E-state index contributed by atoms with van der Waals surface area (Å²) in [6, 6.07) is 17.5. The Kier molecular flexibility index (Phi) is 16.3. The first kappa shape index (κ1) is 48.0. The molecule has 0 bridgehead atoms. The number of nitrogen functional groups attached to an aromatic ring is 1. The number of allylic oxidation sites excluding steroid dienone is 1. The van der Waals surface area contributed by atoms with E-state index in [1.54, 1.807) is 25.3 Å². The number of ether oxygens (including phenoxy) is 1. The number of carbonyl (C=O) groups is 2. The molecule has 0 spiro atoms. The number of hydrogen-bond donors (Lipinski definition) is 5. The second kappa shape index (κ2) is 22.0. The molecule has 4 aliphatic rings. The smallest absolute Gasteiger partial charge is 0.183 e. The highest BCUT2D eigenvalue weighted by Crippen LogP contribution is 2.53. The van der Waals surface area contributed by atoms with E-state index in [9.17, 15) is 24.9 Å². The molecule has 1 aromatic heterocycles. The first-order valence-corrected chi connectivity index (χ1v) is 24.3. The average molecular weight is 884 g/mol. The maximum absolute atomic E-state index is 14.9. The second-order valence-electron chi connectivity index (χ2n) is 19.7. The Balaban J connectivity index is 1.30. The van der Waals surface area contributed by atoms with Gasteiger partial charge in [-0.25, -0.2) is 4.98 Å². The average Bonchev–Trinajstić information content (AvgIpc) is 3.73. The normalized spacial score (nSPS) is 25.3. The number of aliphatic hydroxyl groups is 2. The number of benzene rings is 2. The van der Waals surface area contributed by atoms with Gasteiger partial charge in [0.2, 0.25) is 0 Å². The van der Waals surface area contributed by atoms with E-state index in [-0.39, 0.29) is 59.7 Å². The SMILES string of the molecule is CCCC(C1CC(Cc2ccnc(N)c2)CC2C#CC(c3ccccc3)c3cc(O)c(OC)cc3CCC(=O)CC(=O)C2C1)C(O)C1(C2=C[C+](C(C)CNCC(C)O)C=N2)CCCCC1. The molecule has 0 amide bonds. The van der Waals surface area contributed by atoms with Crippen LogP contribution in [0.5, 0.6) is 11.5 Å². The number of aliphatic hydroxyl groups excluding tert-OH is 2. The molecule has 2 fully saturated rings. The van der Waals surface area contributed by atoms with Crippen molar-refractivity contribution in [1.82, 2.24) is 10.3 Å². The molecule has 0 saturated heterocycles. The van der Waals surface area contributed by atoms with Crippen molar-refractivity contribution in [2.24, 2.45) is 45.9 Å². The first-order valence-electron chi connectivity index (χ1n) is 24.3. The second-order valence-corrected chi connectivity index (χ2v) is 19.7. The number of fused-ring (bicyclic) bond motifs is 2. The third-order valence-electron chi connectivity index (χ3n) is 15.0. The van der Waals surface area contributed by atoms with E-state index in [0.29, 0.717) is 50.3 Å². The maximum atomic E-state index is 14.9. The van der Waals surface area contributed by atoms with Crippen LogP contribution in [0.2, 0.25) is 0 Å². The number of aliphatic imine (C=N–C) groups is 1. The maximum Gasteiger partial charge on any atom is 0.183 e. The molecule has 346 valence electrons. The predicted octanol–water partition coefficient (Wildman–Crippen LogP) is 8.76. The van der Waals surface area contributed by atoms with E-state index < -0.39 is 29.5 Å². The highest BCUT2D eigenvalue weighted by atomic mass is 16.5. The van der Waals surface area contributed by atoms with Gasteiger partial charge in [0, 0.05) is 37.5 Å². The minimum absolute atomic E-state index is 0.0121. The molecule has 2 saturated carbocycles. The zero-order chi connectivity index (χ0) is 46.1. The number of carbonyl (C=O) groups excluding carboxylic acids is 2. The molecule has 9 atom stereocenters. The lowest BCUT2D eigenvalue weighted by molar-refractivity contribution is -0.130. The number of phenols is 1. The van der Waals surface area contributed by atoms with Crippen LogP contribution in [0.15, 0.2) is 77.6 Å². The first-order chi connectivity index (χ1) is 31.4. The van der Waals surface area contributed by atoms with Crippen LogP contribution < -0.4 is 15.8 Å². The number of nitrogens with zero attached hydrogens (tertiary/aromatic N) is 2. The molecule has 7 rings (SSSR count). The Morgan fingerprint density at radius 2 is 1.77 bits per heavy atom. The predicted molar refractivity (Wildman–Crippen MR) is 257 cm³/mol. The van der Waals surface area contributed by atoms with Gasteiger partial charge in [-0.15, -0.1) is 4.99 Å². The molecule has 10 nitrogen and oxygen atoms in total. The number of anilines is 1. The van der Waals surface area contributed by atoms with Gasteiger partial charge in [-0.2, -0.15) is 0 Å². The largest absolute Gasteiger partial charge is 0.504 e. The van der Waals surface area contributed by atoms with Crippen LogP contribution >= 0.6 is 0 Å². The number of aromatic nitrogens is 1. The molecule has 2 heterocycles. The van der Waals surface area contributed by atoms with Crippen LogP contribution in [-0.2, 0) is 22.4 Å². The highest BCUT2D eigenvalue weighted by Gasteiger charge is 2.54. The van der Waals surface area contributed by atoms with Gasteiger partial charge < -0.3 is 31.1 Å². The van der Waals surface area contributed by atoms with Crippen molar-refractivity contribution >= 4 is 23.6 Å². The summed E-state index contributed by atoms with van der Waals surface area (Å²) in [6.07, 6.45) is 14.4. The molecule has 0 radical (unpaired) electrons. The fourth-order valence-corrected chi connectivity index (χ4v) is 11.6. The molecule has 6 N–H and O–H groups in total. The van der Waals surface area contributed by atoms with E-state index in [0.717, 1.165) is 85.2 Å². The van der Waals surface area contributed by atoms with E-state index in [4.69, 9.17) is 15.5 Å². The van der Waals surface area contributed by atoms with Crippen molar-refractivity contribution in [3.05, 3.63) is 101 Å². The quantitative estimate of drug-likeness (QED) is 0.0570. The lowest BCUT2D eigenvalue weighted by atomic mass is 9.61. The standard InChI is InChI=1S/C55H70N4O6/c1-5-12-46(54(64)55(20-10-7-11-21-55)52-29-43(34-59-52)35(2)32-57-33-36(3)60)42-25-38(23-37-19-22-58-53(56)26-37)24-40-16-18-45(39-13-8-6-9-14-39)47-31-50(63)51(65-4)28-41(47)15-17-44(61)30-49(62)48(40)27-42/h6,8-9,13-14,19,22,26,28-29,31,34-36,38,40,42,45-46,48,54,57,60,64H,5,7,10-12,15,17,20-21,23-25,27,30,32-33H2,1-4H3,(H2-,56,58,63)/p+1. The minimum Gasteiger partial charge on any atom is -0.504 e. The summed E-state index contributed by atoms with van der Waals surface area (Å²) in [7, 11) is 1.52. The molecular formula is C55H71N4O6+. The number of phenolic OH excluding ortho intramolecular Hbond substituents is 1. The number of aromatic hydroxyl groups is 1. The summed E-state index contributed by atoms with van der Waals surface area (Å²) < 4.78 is 5.52. The molecule has 2 aromatic carbocycles. The monoisotopic (exact) mass is 884 g/mol. The Labute approximate surface area is 387 Å². The number of methoxy groups -OCH3 is 1. The van der Waals surface area contributed by atoms with Crippen LogP contribution in [0.3, 0.4) is 0 Å². The van der Waals surface area contributed by atoms with E-state index in [2.05, 4.69) is 42.1 Å². The summed E-state index contributed by atoms with van der Waals surface area (Å²) in [5.41, 5.74) is 10.4. The number of ketones is 2. The number of aryl methyl sites for hydroxylation is 1. The molecule has 10 heteroatoms. The molecule has 3 aromatic rings. The number of hydrogen-bond acceptors (Lipinski definition) is 10. The molecular weight excluding hydrogens is 813 g/mol. The van der Waals surface area contributed by atoms with Crippen molar-refractivity contribution < 1.29 is 29.6 Å². The van der Waals surface area contributed by atoms with Crippen molar-refractivity contribution in [1.29, 1.82) is 0 Å². The van der Waals surface area contributed by atoms with Gasteiger partial charge in [-0.1, -0.05) is 74.8 Å². The lowest BCUT2D eigenvalue weighted by Crippen LogP contribution is -2.46. The van der Waals surface area contributed by atoms with Crippen LogP contribution in [-0.4, -0.2) is 70.5 Å². The Morgan fingerprint density at radius 1 is 0.985 bits per heavy atom. The lowest BCUT2D eigenvalue weighted by Gasteiger charge is -2.43. The third kappa shape index (κ3) is 11.5. The van der Waals surface area contributed by atoms with Gasteiger partial charge in [0.25, 0.3) is 0 Å². The topological polar surface area (TPSA) is 167 Å². The summed E-state index contributed by atoms with van der Waals surface area (Å²) in [5, 5.41) is 37.6. The van der Waals surface area contributed by atoms with E-state index in [1.165, 1.54) is 7.11 Å². The highest BCUT2D eigenvalue weighted by molar-refractivity contribution is 6.00. The number of Topliss-reactive ketones (excluding diaryl/α,β-unsaturated/α-hetero) is 2. The van der Waals surface area contributed by atoms with Gasteiger partial charge in [-0.3, -0.25) is 9.59 Å². The summed E-state index contributed by atoms with van der Waals surface area (Å²) in [5.74, 6) is 8.02. The number of nitrogens with two attached hydrogens (primary N) is 1. The molecule has 1 aliphatic heterocycles. The zero-order valence-corrected chi connectivity index (χ0v) is 39.0. The van der Waals surface area contributed by atoms with Crippen LogP contribution in [0.1, 0.15) is 126 Å². The Hall–Kier alpha value is -4.95. The van der Waals surface area contributed by atoms with Crippen LogP contribution in [0, 0.1) is 58.7 Å². The summed E-state index contributed by atoms with van der Waals surface area (Å²) >= 11 is 0. The Bertz CT molecular complexity index is 2220. The van der Waals surface area contributed by atoms with Gasteiger partial charge in [-0.05, 0) is 129 Å². The van der Waals surface area contributed by atoms with Crippen molar-refractivity contribution in [3.8, 4) is 23.3 Å². The Morgan fingerprint density at radius 3 is 2.49 bits per heavy atom. The van der Waals surface area contributed by atoms with Gasteiger partial charge in [0.1, 0.15) is 41.0 Å². The van der Waals surface area contributed by atoms with Crippen LogP contribution in [0.4, 0.5) is 5.82 Å². The minimum atomic E-state index is -0.689. The summed E-state index contributed by atoms with van der Waals surface area (Å²) in [6.45, 7) is 7.38. The number of rotatable bonds is 15. The third-order valence-corrected chi connectivity index (χ3v) is 15.0. The summed E-state index contributed by atoms with van der Waals surface area (Å²) in [4.78, 5) is 38.2. The molecule has 65 heavy (non-hydrogen) atoms. The van der Waals surface area contributed by atoms with Crippen molar-refractivity contribution in [2.75, 3.05) is 25.9 Å². The van der Waals surface area contributed by atoms with Gasteiger partial charge in [0.05, 0.1) is 37.6 Å². The fraction of sp³-hybridized carbons (Fsp3) is 0.545. The van der Waals surface area contributed by atoms with Crippen molar-refractivity contribution in [3.63, 3.8) is 0 Å². The number of nitrogens with one attached hydrogen (secondary N) is 1. The zero-order valence-electron chi connectivity index (χ0n) is 39.0. The van der Waals surface area contributed by atoms with E-state index in [1.807, 2.05) is 48.7 Å². The number of pyridine rings is 1. The van der Waals surface area contributed by atoms with E-state index >= 15 is 0 Å². The van der Waals surface area contributed by atoms with Gasteiger partial charge >= 0.3 is 0 Å². The molecule has 3 aliphatic carbocycles.